The standard InChI is InChI=1S/C20H30N4O3.ClH/c1-15-5-9-22(10-6-15)18-4-3-17(13-19(18)24(26)27)20(25)23-11-7-16(8-12-23)14-21-2;/h3-4,13,15-16,21H,5-12,14H2,1-2H3;1H. The van der Waals surface area contributed by atoms with Crippen LogP contribution in [0.1, 0.15) is 43.0 Å². The molecule has 0 atom stereocenters. The van der Waals surface area contributed by atoms with Crippen molar-refractivity contribution < 1.29 is 9.72 Å². The number of nitro groups is 1. The lowest BCUT2D eigenvalue weighted by Crippen LogP contribution is -2.40. The van der Waals surface area contributed by atoms with Gasteiger partial charge in [0.2, 0.25) is 0 Å². The van der Waals surface area contributed by atoms with Crippen LogP contribution in [-0.2, 0) is 0 Å². The number of piperidine rings is 2. The smallest absolute Gasteiger partial charge is 0.293 e. The molecule has 2 aliphatic heterocycles. The number of benzene rings is 1. The molecule has 2 heterocycles. The summed E-state index contributed by atoms with van der Waals surface area (Å²) in [5, 5.41) is 14.8. The number of hydrogen-bond donors (Lipinski definition) is 1. The van der Waals surface area contributed by atoms with E-state index in [4.69, 9.17) is 0 Å². The molecule has 28 heavy (non-hydrogen) atoms. The molecule has 0 unspecified atom stereocenters. The van der Waals surface area contributed by atoms with Gasteiger partial charge in [0.25, 0.3) is 11.6 Å². The number of likely N-dealkylation sites (tertiary alicyclic amines) is 1. The Morgan fingerprint density at radius 1 is 1.18 bits per heavy atom. The van der Waals surface area contributed by atoms with Gasteiger partial charge in [-0.15, -0.1) is 12.4 Å². The predicted molar refractivity (Wildman–Crippen MR) is 114 cm³/mol. The van der Waals surface area contributed by atoms with Gasteiger partial charge in [-0.05, 0) is 63.2 Å². The number of nitrogens with zero attached hydrogens (tertiary/aromatic N) is 3. The maximum atomic E-state index is 12.8. The number of carbonyl (C=O) groups excluding carboxylic acids is 1. The van der Waals surface area contributed by atoms with E-state index in [9.17, 15) is 14.9 Å². The summed E-state index contributed by atoms with van der Waals surface area (Å²) in [6, 6.07) is 4.98. The first-order valence-electron chi connectivity index (χ1n) is 9.97. The molecule has 1 N–H and O–H groups in total. The van der Waals surface area contributed by atoms with Crippen molar-refractivity contribution in [3.05, 3.63) is 33.9 Å². The highest BCUT2D eigenvalue weighted by Crippen LogP contribution is 2.33. The molecule has 3 rings (SSSR count). The fourth-order valence-electron chi connectivity index (χ4n) is 4.13. The molecule has 2 saturated heterocycles. The zero-order valence-corrected chi connectivity index (χ0v) is 17.5. The van der Waals surface area contributed by atoms with Crippen LogP contribution in [0.15, 0.2) is 18.2 Å². The zero-order chi connectivity index (χ0) is 19.4. The molecule has 1 aromatic rings. The van der Waals surface area contributed by atoms with Gasteiger partial charge in [0.05, 0.1) is 4.92 Å². The fraction of sp³-hybridized carbons (Fsp3) is 0.650. The molecule has 156 valence electrons. The third kappa shape index (κ3) is 5.14. The van der Waals surface area contributed by atoms with Crippen LogP contribution in [0.3, 0.4) is 0 Å². The number of carbonyl (C=O) groups is 1. The van der Waals surface area contributed by atoms with Crippen LogP contribution in [0, 0.1) is 22.0 Å². The minimum Gasteiger partial charge on any atom is -0.366 e. The van der Waals surface area contributed by atoms with Crippen LogP contribution in [0.25, 0.3) is 0 Å². The molecular formula is C20H31ClN4O3. The minimum atomic E-state index is -0.358. The van der Waals surface area contributed by atoms with Crippen molar-refractivity contribution in [3.8, 4) is 0 Å². The SMILES string of the molecule is CNCC1CCN(C(=O)c2ccc(N3CCC(C)CC3)c([N+](=O)[O-])c2)CC1.Cl. The van der Waals surface area contributed by atoms with E-state index in [1.165, 1.54) is 6.07 Å². The Hall–Kier alpha value is -1.86. The number of amides is 1. The molecule has 7 nitrogen and oxygen atoms in total. The van der Waals surface area contributed by atoms with Gasteiger partial charge in [-0.3, -0.25) is 14.9 Å². The summed E-state index contributed by atoms with van der Waals surface area (Å²) in [6.07, 6.45) is 4.02. The Morgan fingerprint density at radius 3 is 2.39 bits per heavy atom. The summed E-state index contributed by atoms with van der Waals surface area (Å²) < 4.78 is 0. The lowest BCUT2D eigenvalue weighted by molar-refractivity contribution is -0.384. The molecule has 0 bridgehead atoms. The molecule has 0 radical (unpaired) electrons. The second-order valence-corrected chi connectivity index (χ2v) is 7.92. The summed E-state index contributed by atoms with van der Waals surface area (Å²) in [4.78, 5) is 28.0. The van der Waals surface area contributed by atoms with Gasteiger partial charge in [0.15, 0.2) is 0 Å². The Labute approximate surface area is 173 Å². The topological polar surface area (TPSA) is 78.7 Å². The van der Waals surface area contributed by atoms with E-state index >= 15 is 0 Å². The average Bonchev–Trinajstić information content (AvgIpc) is 2.68. The third-order valence-corrected chi connectivity index (χ3v) is 5.94. The molecule has 1 aromatic carbocycles. The Kier molecular flexibility index (Phi) is 8.07. The number of nitrogens with one attached hydrogen (secondary N) is 1. The quantitative estimate of drug-likeness (QED) is 0.595. The fourth-order valence-corrected chi connectivity index (χ4v) is 4.13. The van der Waals surface area contributed by atoms with Crippen molar-refractivity contribution in [1.29, 1.82) is 0 Å². The summed E-state index contributed by atoms with van der Waals surface area (Å²) in [5.74, 6) is 1.16. The van der Waals surface area contributed by atoms with Gasteiger partial charge in [-0.1, -0.05) is 6.92 Å². The van der Waals surface area contributed by atoms with Crippen molar-refractivity contribution in [2.75, 3.05) is 44.7 Å². The first-order valence-corrected chi connectivity index (χ1v) is 9.97. The van der Waals surface area contributed by atoms with Crippen LogP contribution in [0.5, 0.6) is 0 Å². The van der Waals surface area contributed by atoms with Crippen LogP contribution in [0.2, 0.25) is 0 Å². The lowest BCUT2D eigenvalue weighted by atomic mass is 9.96. The lowest BCUT2D eigenvalue weighted by Gasteiger charge is -2.33. The first-order chi connectivity index (χ1) is 13.0. The number of hydrogen-bond acceptors (Lipinski definition) is 5. The van der Waals surface area contributed by atoms with Crippen LogP contribution in [-0.4, -0.2) is 55.5 Å². The van der Waals surface area contributed by atoms with Crippen molar-refractivity contribution in [2.45, 2.75) is 32.6 Å². The van der Waals surface area contributed by atoms with Gasteiger partial charge < -0.3 is 15.1 Å². The monoisotopic (exact) mass is 410 g/mol. The molecule has 1 amide bonds. The molecule has 8 heteroatoms. The molecule has 0 saturated carbocycles. The number of anilines is 1. The Balaban J connectivity index is 0.00000280. The van der Waals surface area contributed by atoms with Crippen LogP contribution < -0.4 is 10.2 Å². The minimum absolute atomic E-state index is 0. The number of rotatable bonds is 5. The molecule has 0 spiro atoms. The van der Waals surface area contributed by atoms with Crippen molar-refractivity contribution in [3.63, 3.8) is 0 Å². The van der Waals surface area contributed by atoms with E-state index in [2.05, 4.69) is 17.1 Å². The van der Waals surface area contributed by atoms with Crippen LogP contribution >= 0.6 is 12.4 Å². The zero-order valence-electron chi connectivity index (χ0n) is 16.7. The summed E-state index contributed by atoms with van der Waals surface area (Å²) in [6.45, 7) is 6.27. The predicted octanol–water partition coefficient (Wildman–Crippen LogP) is 3.32. The van der Waals surface area contributed by atoms with E-state index in [0.717, 1.165) is 45.3 Å². The highest BCUT2D eigenvalue weighted by atomic mass is 35.5. The Bertz CT molecular complexity index is 684. The first kappa shape index (κ1) is 22.4. The highest BCUT2D eigenvalue weighted by molar-refractivity contribution is 5.96. The van der Waals surface area contributed by atoms with Gasteiger partial charge in [0.1, 0.15) is 5.69 Å². The molecule has 0 aliphatic carbocycles. The number of halogens is 1. The van der Waals surface area contributed by atoms with E-state index in [-0.39, 0.29) is 28.9 Å². The van der Waals surface area contributed by atoms with E-state index in [1.54, 1.807) is 12.1 Å². The van der Waals surface area contributed by atoms with Crippen LogP contribution in [0.4, 0.5) is 11.4 Å². The highest BCUT2D eigenvalue weighted by Gasteiger charge is 2.27. The maximum Gasteiger partial charge on any atom is 0.293 e. The molecular weight excluding hydrogens is 380 g/mol. The van der Waals surface area contributed by atoms with Gasteiger partial charge in [-0.2, -0.15) is 0 Å². The van der Waals surface area contributed by atoms with E-state index < -0.39 is 0 Å². The summed E-state index contributed by atoms with van der Waals surface area (Å²) in [7, 11) is 1.95. The van der Waals surface area contributed by atoms with Gasteiger partial charge in [0, 0.05) is 37.8 Å². The van der Waals surface area contributed by atoms with Crippen molar-refractivity contribution >= 4 is 29.7 Å². The average molecular weight is 411 g/mol. The molecule has 2 aliphatic rings. The molecule has 2 fully saturated rings. The van der Waals surface area contributed by atoms with E-state index in [1.807, 2.05) is 11.9 Å². The summed E-state index contributed by atoms with van der Waals surface area (Å²) >= 11 is 0. The second kappa shape index (κ2) is 10.1. The number of nitro benzene ring substituents is 1. The van der Waals surface area contributed by atoms with Crippen molar-refractivity contribution in [1.82, 2.24) is 10.2 Å². The maximum absolute atomic E-state index is 12.8. The third-order valence-electron chi connectivity index (χ3n) is 5.94. The van der Waals surface area contributed by atoms with Gasteiger partial charge >= 0.3 is 0 Å². The molecule has 0 aromatic heterocycles. The van der Waals surface area contributed by atoms with Crippen molar-refractivity contribution in [2.24, 2.45) is 11.8 Å². The van der Waals surface area contributed by atoms with Gasteiger partial charge in [-0.25, -0.2) is 0 Å². The second-order valence-electron chi connectivity index (χ2n) is 7.92. The van der Waals surface area contributed by atoms with E-state index in [0.29, 0.717) is 36.2 Å². The summed E-state index contributed by atoms with van der Waals surface area (Å²) in [5.41, 5.74) is 1.10. The largest absolute Gasteiger partial charge is 0.366 e. The normalized spacial score (nSPS) is 18.6. The Morgan fingerprint density at radius 2 is 1.82 bits per heavy atom.